The first-order valence-electron chi connectivity index (χ1n) is 4.46. The summed E-state index contributed by atoms with van der Waals surface area (Å²) in [4.78, 5) is 0. The van der Waals surface area contributed by atoms with Gasteiger partial charge in [-0.1, -0.05) is 0 Å². The van der Waals surface area contributed by atoms with Crippen LogP contribution in [-0.4, -0.2) is 30.9 Å². The lowest BCUT2D eigenvalue weighted by Crippen LogP contribution is -2.33. The first-order valence-corrected chi connectivity index (χ1v) is 4.46. The van der Waals surface area contributed by atoms with Crippen LogP contribution in [-0.2, 0) is 0 Å². The fourth-order valence-corrected chi connectivity index (χ4v) is 1.16. The molecule has 1 aromatic rings. The molecule has 2 N–H and O–H groups in total. The first-order chi connectivity index (χ1) is 7.10. The third-order valence-corrected chi connectivity index (χ3v) is 1.85. The van der Waals surface area contributed by atoms with Crippen molar-refractivity contribution in [1.82, 2.24) is 0 Å². The summed E-state index contributed by atoms with van der Waals surface area (Å²) in [5, 5.41) is 17.8. The van der Waals surface area contributed by atoms with Crippen molar-refractivity contribution in [3.8, 4) is 11.5 Å². The molecule has 0 radical (unpaired) electrons. The van der Waals surface area contributed by atoms with Crippen LogP contribution in [0.3, 0.4) is 0 Å². The molecular formula is C9H12BFO4. The third-order valence-electron chi connectivity index (χ3n) is 1.85. The number of hydrogen-bond acceptors (Lipinski definition) is 4. The Kier molecular flexibility index (Phi) is 3.93. The van der Waals surface area contributed by atoms with E-state index in [-0.39, 0.29) is 17.8 Å². The van der Waals surface area contributed by atoms with Gasteiger partial charge in [-0.3, -0.25) is 0 Å². The van der Waals surface area contributed by atoms with Crippen molar-refractivity contribution >= 4 is 12.6 Å². The Morgan fingerprint density at radius 1 is 1.40 bits per heavy atom. The Balaban J connectivity index is 3.20. The van der Waals surface area contributed by atoms with Crippen LogP contribution in [0.15, 0.2) is 12.1 Å². The second-order valence-corrected chi connectivity index (χ2v) is 2.84. The fourth-order valence-electron chi connectivity index (χ4n) is 1.16. The van der Waals surface area contributed by atoms with Gasteiger partial charge in [0.2, 0.25) is 0 Å². The summed E-state index contributed by atoms with van der Waals surface area (Å²) in [6, 6.07) is 2.56. The maximum absolute atomic E-state index is 13.5. The van der Waals surface area contributed by atoms with E-state index in [4.69, 9.17) is 19.5 Å². The van der Waals surface area contributed by atoms with E-state index < -0.39 is 12.9 Å². The molecule has 0 atom stereocenters. The molecule has 0 amide bonds. The lowest BCUT2D eigenvalue weighted by molar-refractivity contribution is 0.317. The quantitative estimate of drug-likeness (QED) is 0.687. The first kappa shape index (κ1) is 11.8. The van der Waals surface area contributed by atoms with Crippen molar-refractivity contribution in [3.63, 3.8) is 0 Å². The predicted octanol–water partition coefficient (Wildman–Crippen LogP) is -0.0872. The maximum atomic E-state index is 13.5. The molecule has 0 spiro atoms. The second kappa shape index (κ2) is 5.00. The average Bonchev–Trinajstić information content (AvgIpc) is 2.21. The molecule has 0 aromatic heterocycles. The average molecular weight is 214 g/mol. The van der Waals surface area contributed by atoms with E-state index in [0.29, 0.717) is 5.75 Å². The van der Waals surface area contributed by atoms with Gasteiger partial charge in [0.1, 0.15) is 5.75 Å². The topological polar surface area (TPSA) is 58.9 Å². The van der Waals surface area contributed by atoms with Crippen LogP contribution in [0, 0.1) is 5.82 Å². The summed E-state index contributed by atoms with van der Waals surface area (Å²) in [7, 11) is -0.490. The van der Waals surface area contributed by atoms with Gasteiger partial charge >= 0.3 is 7.12 Å². The van der Waals surface area contributed by atoms with E-state index in [0.717, 1.165) is 0 Å². The van der Waals surface area contributed by atoms with Gasteiger partial charge in [0.05, 0.1) is 13.7 Å². The molecule has 0 aliphatic heterocycles. The zero-order valence-electron chi connectivity index (χ0n) is 8.53. The molecule has 4 nitrogen and oxygen atoms in total. The molecule has 0 unspecified atom stereocenters. The number of ether oxygens (including phenoxy) is 2. The van der Waals surface area contributed by atoms with E-state index in [1.54, 1.807) is 6.92 Å². The zero-order valence-corrected chi connectivity index (χ0v) is 8.53. The van der Waals surface area contributed by atoms with Crippen molar-refractivity contribution in [2.24, 2.45) is 0 Å². The van der Waals surface area contributed by atoms with Crippen LogP contribution < -0.4 is 14.9 Å². The van der Waals surface area contributed by atoms with Gasteiger partial charge in [0, 0.05) is 11.5 Å². The smallest absolute Gasteiger partial charge is 0.491 e. The molecule has 0 heterocycles. The highest BCUT2D eigenvalue weighted by atomic mass is 19.1. The van der Waals surface area contributed by atoms with Crippen LogP contribution in [0.25, 0.3) is 0 Å². The SMILES string of the molecule is CCOc1cc(OC)cc(B(O)O)c1F. The minimum Gasteiger partial charge on any atom is -0.497 e. The minimum atomic E-state index is -1.89. The molecule has 0 fully saturated rings. The number of benzene rings is 1. The summed E-state index contributed by atoms with van der Waals surface area (Å²) in [6.07, 6.45) is 0. The summed E-state index contributed by atoms with van der Waals surface area (Å²) >= 11 is 0. The Morgan fingerprint density at radius 2 is 2.07 bits per heavy atom. The van der Waals surface area contributed by atoms with E-state index in [2.05, 4.69) is 0 Å². The minimum absolute atomic E-state index is 0.0556. The van der Waals surface area contributed by atoms with Gasteiger partial charge in [-0.2, -0.15) is 0 Å². The van der Waals surface area contributed by atoms with Crippen molar-refractivity contribution in [2.45, 2.75) is 6.92 Å². The number of halogens is 1. The van der Waals surface area contributed by atoms with Gasteiger partial charge in [-0.05, 0) is 13.0 Å². The third kappa shape index (κ3) is 2.61. The van der Waals surface area contributed by atoms with Crippen LogP contribution in [0.2, 0.25) is 0 Å². The summed E-state index contributed by atoms with van der Waals surface area (Å²) in [6.45, 7) is 1.99. The van der Waals surface area contributed by atoms with Crippen LogP contribution >= 0.6 is 0 Å². The van der Waals surface area contributed by atoms with Crippen molar-refractivity contribution in [2.75, 3.05) is 13.7 Å². The summed E-state index contributed by atoms with van der Waals surface area (Å²) in [5.74, 6) is -0.532. The van der Waals surface area contributed by atoms with Crippen LogP contribution in [0.1, 0.15) is 6.92 Å². The van der Waals surface area contributed by atoms with Crippen molar-refractivity contribution in [1.29, 1.82) is 0 Å². The highest BCUT2D eigenvalue weighted by Gasteiger charge is 2.21. The lowest BCUT2D eigenvalue weighted by atomic mass is 9.79. The lowest BCUT2D eigenvalue weighted by Gasteiger charge is -2.10. The van der Waals surface area contributed by atoms with Gasteiger partial charge < -0.3 is 19.5 Å². The molecule has 0 saturated heterocycles. The standard InChI is InChI=1S/C9H12BFO4/c1-3-15-8-5-6(14-2)4-7(9(8)11)10(12)13/h4-5,12-13H,3H2,1-2H3. The number of methoxy groups -OCH3 is 1. The Hall–Kier alpha value is -1.27. The molecule has 1 rings (SSSR count). The fraction of sp³-hybridized carbons (Fsp3) is 0.333. The summed E-state index contributed by atoms with van der Waals surface area (Å²) in [5.41, 5.74) is -0.266. The molecule has 6 heteroatoms. The van der Waals surface area contributed by atoms with Gasteiger partial charge in [0.15, 0.2) is 11.6 Å². The van der Waals surface area contributed by atoms with Gasteiger partial charge in [-0.15, -0.1) is 0 Å². The predicted molar refractivity (Wildman–Crippen MR) is 53.9 cm³/mol. The summed E-state index contributed by atoms with van der Waals surface area (Å²) < 4.78 is 23.4. The van der Waals surface area contributed by atoms with Crippen molar-refractivity contribution < 1.29 is 23.9 Å². The second-order valence-electron chi connectivity index (χ2n) is 2.84. The van der Waals surface area contributed by atoms with E-state index in [9.17, 15) is 4.39 Å². The molecular weight excluding hydrogens is 202 g/mol. The molecule has 82 valence electrons. The Morgan fingerprint density at radius 3 is 2.53 bits per heavy atom. The monoisotopic (exact) mass is 214 g/mol. The van der Waals surface area contributed by atoms with Crippen LogP contribution in [0.4, 0.5) is 4.39 Å². The number of rotatable bonds is 4. The molecule has 15 heavy (non-hydrogen) atoms. The van der Waals surface area contributed by atoms with Gasteiger partial charge in [-0.25, -0.2) is 4.39 Å². The Labute approximate surface area is 87.4 Å². The molecule has 1 aromatic carbocycles. The van der Waals surface area contributed by atoms with Crippen LogP contribution in [0.5, 0.6) is 11.5 Å². The Bertz CT molecular complexity index is 343. The van der Waals surface area contributed by atoms with Gasteiger partial charge in [0.25, 0.3) is 0 Å². The normalized spacial score (nSPS) is 9.93. The van der Waals surface area contributed by atoms with E-state index in [1.807, 2.05) is 0 Å². The highest BCUT2D eigenvalue weighted by molar-refractivity contribution is 6.58. The van der Waals surface area contributed by atoms with E-state index >= 15 is 0 Å². The maximum Gasteiger partial charge on any atom is 0.491 e. The zero-order chi connectivity index (χ0) is 11.4. The molecule has 0 aliphatic rings. The highest BCUT2D eigenvalue weighted by Crippen LogP contribution is 2.22. The molecule has 0 aliphatic carbocycles. The van der Waals surface area contributed by atoms with E-state index in [1.165, 1.54) is 19.2 Å². The van der Waals surface area contributed by atoms with Crippen molar-refractivity contribution in [3.05, 3.63) is 17.9 Å². The largest absolute Gasteiger partial charge is 0.497 e. The number of hydrogen-bond donors (Lipinski definition) is 2. The molecule has 0 bridgehead atoms. The molecule has 0 saturated carbocycles.